The topological polar surface area (TPSA) is 59.4 Å². The maximum Gasteiger partial charge on any atom is 0.427 e. The summed E-state index contributed by atoms with van der Waals surface area (Å²) in [6.45, 7) is 3.00. The Morgan fingerprint density at radius 1 is 1.34 bits per heavy atom. The highest BCUT2D eigenvalue weighted by atomic mass is 35.5. The predicted molar refractivity (Wildman–Crippen MR) is 114 cm³/mol. The fourth-order valence-corrected chi connectivity index (χ4v) is 4.32. The number of carboxylic acid groups (broad SMARTS) is 1. The van der Waals surface area contributed by atoms with Gasteiger partial charge in [-0.3, -0.25) is 4.79 Å². The van der Waals surface area contributed by atoms with Crippen LogP contribution in [0.1, 0.15) is 47.0 Å². The van der Waals surface area contributed by atoms with Crippen molar-refractivity contribution in [2.45, 2.75) is 45.9 Å². The predicted octanol–water partition coefficient (Wildman–Crippen LogP) is 6.75. The van der Waals surface area contributed by atoms with E-state index in [2.05, 4.69) is 4.37 Å². The van der Waals surface area contributed by atoms with Gasteiger partial charge in [-0.2, -0.15) is 17.5 Å². The molecule has 0 bridgehead atoms. The number of allylic oxidation sites excluding steroid dienone is 4. The lowest BCUT2D eigenvalue weighted by molar-refractivity contribution is -0.137. The molecule has 0 fully saturated rings. The molecule has 0 saturated carbocycles. The summed E-state index contributed by atoms with van der Waals surface area (Å²) in [7, 11) is 0. The number of halogens is 5. The number of hydrogen-bond acceptors (Lipinski definition) is 4. The molecule has 1 aromatic heterocycles. The molecule has 0 spiro atoms. The van der Waals surface area contributed by atoms with Crippen LogP contribution in [-0.4, -0.2) is 15.4 Å². The van der Waals surface area contributed by atoms with Gasteiger partial charge in [0.1, 0.15) is 11.5 Å². The van der Waals surface area contributed by atoms with E-state index in [0.717, 1.165) is 6.07 Å². The number of ether oxygens (including phenoxy) is 1. The van der Waals surface area contributed by atoms with E-state index < -0.39 is 29.4 Å². The van der Waals surface area contributed by atoms with Crippen molar-refractivity contribution in [1.29, 1.82) is 0 Å². The fraction of sp³-hybridized carbons (Fsp3) is 0.364. The van der Waals surface area contributed by atoms with E-state index in [4.69, 9.17) is 21.4 Å². The summed E-state index contributed by atoms with van der Waals surface area (Å²) in [6.07, 6.45) is -0.944. The molecule has 1 unspecified atom stereocenters. The quantitative estimate of drug-likeness (QED) is 0.437. The van der Waals surface area contributed by atoms with Crippen LogP contribution in [0.5, 0.6) is 5.75 Å². The molecule has 1 atom stereocenters. The molecule has 4 nitrogen and oxygen atoms in total. The molecular formula is C22H20ClF4NO3S. The van der Waals surface area contributed by atoms with Crippen LogP contribution < -0.4 is 4.74 Å². The fourth-order valence-electron chi connectivity index (χ4n) is 3.40. The first-order valence-corrected chi connectivity index (χ1v) is 10.9. The van der Waals surface area contributed by atoms with Crippen LogP contribution in [0.25, 0.3) is 5.57 Å². The molecule has 0 aliphatic heterocycles. The van der Waals surface area contributed by atoms with Crippen molar-refractivity contribution in [3.63, 3.8) is 0 Å². The summed E-state index contributed by atoms with van der Waals surface area (Å²) in [5.41, 5.74) is 1.71. The van der Waals surface area contributed by atoms with Gasteiger partial charge in [0.2, 0.25) is 0 Å². The van der Waals surface area contributed by atoms with Gasteiger partial charge >= 0.3 is 12.1 Å². The van der Waals surface area contributed by atoms with Gasteiger partial charge in [0, 0.05) is 17.0 Å². The molecule has 10 heteroatoms. The highest BCUT2D eigenvalue weighted by molar-refractivity contribution is 7.06. The minimum Gasteiger partial charge on any atom is -0.486 e. The third kappa shape index (κ3) is 5.50. The molecule has 1 heterocycles. The monoisotopic (exact) mass is 489 g/mol. The second-order valence-electron chi connectivity index (χ2n) is 7.58. The minimum atomic E-state index is -4.63. The number of hydrogen-bond donors (Lipinski definition) is 1. The number of alkyl halides is 3. The number of rotatable bonds is 7. The first kappa shape index (κ1) is 24.3. The lowest BCUT2D eigenvalue weighted by Crippen LogP contribution is -2.11. The first-order chi connectivity index (χ1) is 15.0. The molecular weight excluding hydrogens is 470 g/mol. The van der Waals surface area contributed by atoms with Gasteiger partial charge in [0.25, 0.3) is 0 Å². The zero-order valence-electron chi connectivity index (χ0n) is 17.2. The van der Waals surface area contributed by atoms with E-state index in [1.807, 2.05) is 6.92 Å². The Bertz CT molecular complexity index is 1090. The van der Waals surface area contributed by atoms with E-state index >= 15 is 0 Å². The molecule has 0 saturated heterocycles. The van der Waals surface area contributed by atoms with Crippen molar-refractivity contribution >= 4 is 34.7 Å². The number of carboxylic acids is 1. The average Bonchev–Trinajstić information content (AvgIpc) is 3.13. The van der Waals surface area contributed by atoms with Crippen LogP contribution in [0, 0.1) is 18.7 Å². The number of benzene rings is 1. The van der Waals surface area contributed by atoms with E-state index in [1.54, 1.807) is 19.1 Å². The molecule has 1 aromatic carbocycles. The van der Waals surface area contributed by atoms with Crippen LogP contribution in [0.2, 0.25) is 0 Å². The average molecular weight is 490 g/mol. The van der Waals surface area contributed by atoms with Crippen LogP contribution >= 0.6 is 23.1 Å². The number of aryl methyl sites for hydroxylation is 2. The molecule has 32 heavy (non-hydrogen) atoms. The molecule has 1 N–H and O–H groups in total. The Labute approximate surface area is 191 Å². The molecule has 1 aliphatic carbocycles. The van der Waals surface area contributed by atoms with E-state index in [9.17, 15) is 22.4 Å². The molecule has 172 valence electrons. The van der Waals surface area contributed by atoms with Crippen molar-refractivity contribution in [3.05, 3.63) is 62.4 Å². The third-order valence-corrected chi connectivity index (χ3v) is 6.59. The SMILES string of the molecule is Cc1cc(OCc2c(C3=CC=C(Cl)C(C)C3)nsc2C(F)(F)F)c(F)cc1CCC(=O)O. The maximum absolute atomic E-state index is 14.5. The Balaban J connectivity index is 1.90. The van der Waals surface area contributed by atoms with Crippen LogP contribution in [0.4, 0.5) is 17.6 Å². The van der Waals surface area contributed by atoms with E-state index in [-0.39, 0.29) is 35.8 Å². The van der Waals surface area contributed by atoms with Gasteiger partial charge in [-0.1, -0.05) is 24.6 Å². The van der Waals surface area contributed by atoms with Crippen LogP contribution in [0.15, 0.2) is 29.3 Å². The number of aliphatic carboxylic acids is 1. The van der Waals surface area contributed by atoms with Crippen LogP contribution in [0.3, 0.4) is 0 Å². The standard InChI is InChI=1S/C22H20ClF4NO3S/c1-11-8-18(17(24)9-13(11)4-6-19(29)30)31-10-15-20(28-32-21(15)22(25,26)27)14-3-5-16(23)12(2)7-14/h3,5,8-9,12H,4,6-7,10H2,1-2H3,(H,29,30). The Morgan fingerprint density at radius 2 is 2.06 bits per heavy atom. The molecule has 0 radical (unpaired) electrons. The summed E-state index contributed by atoms with van der Waals surface area (Å²) in [6, 6.07) is 2.52. The van der Waals surface area contributed by atoms with Gasteiger partial charge in [-0.05, 0) is 72.1 Å². The van der Waals surface area contributed by atoms with Crippen molar-refractivity contribution in [2.24, 2.45) is 5.92 Å². The number of nitrogens with zero attached hydrogens (tertiary/aromatic N) is 1. The smallest absolute Gasteiger partial charge is 0.427 e. The van der Waals surface area contributed by atoms with Crippen molar-refractivity contribution in [1.82, 2.24) is 4.37 Å². The van der Waals surface area contributed by atoms with Crippen molar-refractivity contribution in [2.75, 3.05) is 0 Å². The molecule has 2 aromatic rings. The molecule has 0 amide bonds. The highest BCUT2D eigenvalue weighted by Crippen LogP contribution is 2.41. The summed E-state index contributed by atoms with van der Waals surface area (Å²) in [5, 5.41) is 9.41. The zero-order chi connectivity index (χ0) is 23.6. The Kier molecular flexibility index (Phi) is 7.29. The zero-order valence-corrected chi connectivity index (χ0v) is 18.8. The van der Waals surface area contributed by atoms with Crippen molar-refractivity contribution < 1.29 is 32.2 Å². The van der Waals surface area contributed by atoms with Gasteiger partial charge in [0.15, 0.2) is 11.6 Å². The van der Waals surface area contributed by atoms with E-state index in [1.165, 1.54) is 6.07 Å². The second-order valence-corrected chi connectivity index (χ2v) is 8.79. The maximum atomic E-state index is 14.5. The summed E-state index contributed by atoms with van der Waals surface area (Å²) >= 11 is 6.42. The molecule has 1 aliphatic rings. The van der Waals surface area contributed by atoms with Gasteiger partial charge < -0.3 is 9.84 Å². The Morgan fingerprint density at radius 3 is 2.69 bits per heavy atom. The summed E-state index contributed by atoms with van der Waals surface area (Å²) in [4.78, 5) is 9.86. The lowest BCUT2D eigenvalue weighted by Gasteiger charge is -2.18. The van der Waals surface area contributed by atoms with Gasteiger partial charge in [-0.15, -0.1) is 0 Å². The lowest BCUT2D eigenvalue weighted by atomic mass is 9.92. The first-order valence-electron chi connectivity index (χ1n) is 9.73. The van der Waals surface area contributed by atoms with Gasteiger partial charge in [-0.25, -0.2) is 4.39 Å². The molecule has 3 rings (SSSR count). The highest BCUT2D eigenvalue weighted by Gasteiger charge is 2.38. The van der Waals surface area contributed by atoms with Crippen molar-refractivity contribution in [3.8, 4) is 5.75 Å². The van der Waals surface area contributed by atoms with E-state index in [0.29, 0.717) is 39.7 Å². The number of carbonyl (C=O) groups is 1. The largest absolute Gasteiger partial charge is 0.486 e. The van der Waals surface area contributed by atoms with Crippen LogP contribution in [-0.2, 0) is 24.0 Å². The summed E-state index contributed by atoms with van der Waals surface area (Å²) in [5.74, 6) is -2.04. The third-order valence-electron chi connectivity index (χ3n) is 5.16. The minimum absolute atomic E-state index is 0.0556. The normalized spacial score (nSPS) is 16.5. The summed E-state index contributed by atoms with van der Waals surface area (Å²) < 4.78 is 64.8. The second kappa shape index (κ2) is 9.62. The van der Waals surface area contributed by atoms with Gasteiger partial charge in [0.05, 0.1) is 5.69 Å². The Hall–Kier alpha value is -2.39. The number of aromatic nitrogens is 1.